The molecule has 194 valence electrons. The minimum Gasteiger partial charge on any atom is -0.481 e. The Morgan fingerprint density at radius 3 is 2.03 bits per heavy atom. The highest BCUT2D eigenvalue weighted by Crippen LogP contribution is 2.55. The van der Waals surface area contributed by atoms with E-state index in [9.17, 15) is 19.5 Å². The van der Waals surface area contributed by atoms with Crippen LogP contribution >= 0.6 is 0 Å². The summed E-state index contributed by atoms with van der Waals surface area (Å²) in [6.45, 7) is 7.51. The summed E-state index contributed by atoms with van der Waals surface area (Å²) in [7, 11) is 0. The highest BCUT2D eigenvalue weighted by Gasteiger charge is 2.57. The lowest BCUT2D eigenvalue weighted by Crippen LogP contribution is -2.56. The van der Waals surface area contributed by atoms with Crippen molar-refractivity contribution in [2.75, 3.05) is 0 Å². The Bertz CT molecular complexity index is 1320. The normalized spacial score (nSPS) is 26.3. The van der Waals surface area contributed by atoms with Crippen molar-refractivity contribution in [2.45, 2.75) is 59.5 Å². The molecule has 0 bridgehead atoms. The lowest BCUT2D eigenvalue weighted by Gasteiger charge is -2.49. The highest BCUT2D eigenvalue weighted by molar-refractivity contribution is 5.90. The molecule has 0 aliphatic heterocycles. The monoisotopic (exact) mass is 500 g/mol. The number of carboxylic acids is 1. The topological polar surface area (TPSA) is 95.5 Å². The van der Waals surface area contributed by atoms with Crippen LogP contribution in [0, 0.1) is 16.2 Å². The smallest absolute Gasteiger partial charge is 0.309 e. The van der Waals surface area contributed by atoms with Crippen molar-refractivity contribution in [3.63, 3.8) is 0 Å². The van der Waals surface area contributed by atoms with Crippen LogP contribution in [0.3, 0.4) is 0 Å². The van der Waals surface area contributed by atoms with Crippen LogP contribution in [0.5, 0.6) is 0 Å². The summed E-state index contributed by atoms with van der Waals surface area (Å²) in [5, 5.41) is 18.4. The van der Waals surface area contributed by atoms with E-state index in [1.165, 1.54) is 0 Å². The number of hydrogen-bond donors (Lipinski definition) is 3. The van der Waals surface area contributed by atoms with Gasteiger partial charge in [0.1, 0.15) is 0 Å². The molecule has 1 fully saturated rings. The van der Waals surface area contributed by atoms with E-state index in [4.69, 9.17) is 0 Å². The van der Waals surface area contributed by atoms with Crippen molar-refractivity contribution >= 4 is 28.6 Å². The molecule has 6 heteroatoms. The molecule has 0 saturated heterocycles. The lowest BCUT2D eigenvalue weighted by molar-refractivity contribution is -0.163. The second-order valence-corrected chi connectivity index (χ2v) is 11.4. The Hall–Kier alpha value is -3.67. The third-order valence-electron chi connectivity index (χ3n) is 7.89. The SMILES string of the molecule is CC(NC(=O)[C@]1(C)C[C@](C)(C(=O)O)C[C@](C)(C(=O)NCc2ccccc2)C1)c1cccc2ccccc12. The molecule has 3 aromatic carbocycles. The second kappa shape index (κ2) is 10.0. The number of carbonyl (C=O) groups is 3. The molecule has 3 N–H and O–H groups in total. The van der Waals surface area contributed by atoms with Gasteiger partial charge in [-0.15, -0.1) is 0 Å². The molecule has 0 radical (unpaired) electrons. The van der Waals surface area contributed by atoms with Gasteiger partial charge in [-0.1, -0.05) is 86.6 Å². The number of benzene rings is 3. The minimum atomic E-state index is -1.22. The number of carboxylic acid groups (broad SMARTS) is 1. The van der Waals surface area contributed by atoms with Gasteiger partial charge in [0.05, 0.1) is 11.5 Å². The van der Waals surface area contributed by atoms with E-state index in [2.05, 4.69) is 10.6 Å². The van der Waals surface area contributed by atoms with Gasteiger partial charge >= 0.3 is 5.97 Å². The molecule has 0 spiro atoms. The number of rotatable bonds is 7. The zero-order chi connectivity index (χ0) is 26.8. The third-order valence-corrected chi connectivity index (χ3v) is 7.89. The first-order valence-corrected chi connectivity index (χ1v) is 12.8. The number of fused-ring (bicyclic) bond motifs is 1. The Morgan fingerprint density at radius 1 is 0.784 bits per heavy atom. The summed E-state index contributed by atoms with van der Waals surface area (Å²) in [6, 6.07) is 23.3. The molecule has 1 saturated carbocycles. The van der Waals surface area contributed by atoms with Crippen molar-refractivity contribution in [2.24, 2.45) is 16.2 Å². The molecular formula is C31H36N2O4. The van der Waals surface area contributed by atoms with Crippen molar-refractivity contribution < 1.29 is 19.5 Å². The molecule has 0 aromatic heterocycles. The first kappa shape index (κ1) is 26.4. The molecule has 4 atom stereocenters. The van der Waals surface area contributed by atoms with Crippen molar-refractivity contribution in [1.29, 1.82) is 0 Å². The number of hydrogen-bond acceptors (Lipinski definition) is 3. The molecular weight excluding hydrogens is 464 g/mol. The molecule has 1 aliphatic carbocycles. The summed E-state index contributed by atoms with van der Waals surface area (Å²) in [4.78, 5) is 39.7. The van der Waals surface area contributed by atoms with Gasteiger partial charge in [-0.2, -0.15) is 0 Å². The zero-order valence-corrected chi connectivity index (χ0v) is 22.0. The molecule has 37 heavy (non-hydrogen) atoms. The summed E-state index contributed by atoms with van der Waals surface area (Å²) >= 11 is 0. The third kappa shape index (κ3) is 5.38. The van der Waals surface area contributed by atoms with Crippen LogP contribution in [0.1, 0.15) is 64.1 Å². The van der Waals surface area contributed by atoms with Gasteiger partial charge in [0.15, 0.2) is 0 Å². The lowest BCUT2D eigenvalue weighted by atomic mass is 9.54. The first-order chi connectivity index (χ1) is 17.5. The van der Waals surface area contributed by atoms with E-state index in [-0.39, 0.29) is 37.1 Å². The van der Waals surface area contributed by atoms with Gasteiger partial charge in [-0.3, -0.25) is 14.4 Å². The van der Waals surface area contributed by atoms with Crippen molar-refractivity contribution in [1.82, 2.24) is 10.6 Å². The van der Waals surface area contributed by atoms with Gasteiger partial charge < -0.3 is 15.7 Å². The standard InChI is InChI=1S/C31H36N2O4/c1-21(24-16-10-14-23-13-8-9-15-25(23)24)33-27(35)30(3)18-29(2,19-31(4,20-30)28(36)37)26(34)32-17-22-11-6-5-7-12-22/h5-16,21H,17-20H2,1-4H3,(H,32,34)(H,33,35)(H,36,37)/t21?,29-,30+,31-/m1/s1. The van der Waals surface area contributed by atoms with E-state index in [1.54, 1.807) is 20.8 Å². The predicted molar refractivity (Wildman–Crippen MR) is 145 cm³/mol. The fourth-order valence-corrected chi connectivity index (χ4v) is 6.31. The molecule has 6 nitrogen and oxygen atoms in total. The first-order valence-electron chi connectivity index (χ1n) is 12.8. The summed E-state index contributed by atoms with van der Waals surface area (Å²) in [5.41, 5.74) is -1.32. The highest BCUT2D eigenvalue weighted by atomic mass is 16.4. The zero-order valence-electron chi connectivity index (χ0n) is 22.0. The van der Waals surface area contributed by atoms with Gasteiger partial charge in [-0.05, 0) is 55.0 Å². The Balaban J connectivity index is 1.58. The van der Waals surface area contributed by atoms with E-state index in [0.29, 0.717) is 6.54 Å². The van der Waals surface area contributed by atoms with E-state index >= 15 is 0 Å². The average Bonchev–Trinajstić information content (AvgIpc) is 2.86. The number of nitrogens with one attached hydrogen (secondary N) is 2. The van der Waals surface area contributed by atoms with Crippen molar-refractivity contribution in [3.05, 3.63) is 83.9 Å². The van der Waals surface area contributed by atoms with Crippen LogP contribution in [0.25, 0.3) is 10.8 Å². The minimum absolute atomic E-state index is 0.158. The Morgan fingerprint density at radius 2 is 1.35 bits per heavy atom. The van der Waals surface area contributed by atoms with Crippen LogP contribution in [0.2, 0.25) is 0 Å². The largest absolute Gasteiger partial charge is 0.481 e. The number of amides is 2. The van der Waals surface area contributed by atoms with E-state index in [1.807, 2.05) is 79.7 Å². The van der Waals surface area contributed by atoms with Crippen LogP contribution < -0.4 is 10.6 Å². The fraction of sp³-hybridized carbons (Fsp3) is 0.387. The summed E-state index contributed by atoms with van der Waals surface area (Å²) in [6.07, 6.45) is 0.584. The van der Waals surface area contributed by atoms with Crippen LogP contribution in [-0.2, 0) is 20.9 Å². The maximum atomic E-state index is 13.8. The summed E-state index contributed by atoms with van der Waals surface area (Å²) in [5.74, 6) is -1.46. The molecule has 2 amide bonds. The Kier molecular flexibility index (Phi) is 7.13. The van der Waals surface area contributed by atoms with Gasteiger partial charge in [0.25, 0.3) is 0 Å². The maximum absolute atomic E-state index is 13.8. The number of aliphatic carboxylic acids is 1. The van der Waals surface area contributed by atoms with Crippen LogP contribution in [-0.4, -0.2) is 22.9 Å². The average molecular weight is 501 g/mol. The molecule has 4 rings (SSSR count). The molecule has 3 aromatic rings. The van der Waals surface area contributed by atoms with E-state index < -0.39 is 22.2 Å². The van der Waals surface area contributed by atoms with Crippen LogP contribution in [0.4, 0.5) is 0 Å². The fourth-order valence-electron chi connectivity index (χ4n) is 6.31. The summed E-state index contributed by atoms with van der Waals surface area (Å²) < 4.78 is 0. The van der Waals surface area contributed by atoms with Crippen LogP contribution in [0.15, 0.2) is 72.8 Å². The molecule has 0 heterocycles. The number of carbonyl (C=O) groups excluding carboxylic acids is 2. The Labute approximate surface area is 218 Å². The molecule has 1 aliphatic rings. The second-order valence-electron chi connectivity index (χ2n) is 11.4. The van der Waals surface area contributed by atoms with Gasteiger partial charge in [-0.25, -0.2) is 0 Å². The van der Waals surface area contributed by atoms with Crippen molar-refractivity contribution in [3.8, 4) is 0 Å². The quantitative estimate of drug-likeness (QED) is 0.392. The van der Waals surface area contributed by atoms with E-state index in [0.717, 1.165) is 21.9 Å². The molecule has 1 unspecified atom stereocenters. The predicted octanol–water partition coefficient (Wildman–Crippen LogP) is 5.62. The van der Waals surface area contributed by atoms with Gasteiger partial charge in [0.2, 0.25) is 11.8 Å². The maximum Gasteiger partial charge on any atom is 0.309 e. The van der Waals surface area contributed by atoms with Gasteiger partial charge in [0, 0.05) is 17.4 Å².